The zero-order valence-corrected chi connectivity index (χ0v) is 17.1. The van der Waals surface area contributed by atoms with Gasteiger partial charge in [-0.25, -0.2) is 18.5 Å². The number of rotatable bonds is 5. The number of hydrogen-bond acceptors (Lipinski definition) is 5. The van der Waals surface area contributed by atoms with Gasteiger partial charge >= 0.3 is 0 Å². The maximum absolute atomic E-state index is 12.2. The lowest BCUT2D eigenvalue weighted by molar-refractivity contribution is 0.367. The first-order valence-corrected chi connectivity index (χ1v) is 11.3. The lowest BCUT2D eigenvalue weighted by atomic mass is 9.89. The highest BCUT2D eigenvalue weighted by Crippen LogP contribution is 2.40. The molecule has 0 saturated heterocycles. The molecule has 1 aromatic heterocycles. The van der Waals surface area contributed by atoms with Crippen molar-refractivity contribution in [2.75, 3.05) is 7.11 Å². The number of oxazole rings is 1. The number of primary sulfonamides is 1. The molecule has 0 radical (unpaired) electrons. The largest absolute Gasteiger partial charge is 0.497 e. The van der Waals surface area contributed by atoms with Gasteiger partial charge in [0.25, 0.3) is 0 Å². The molecule has 0 atom stereocenters. The molecule has 0 unspecified atom stereocenters. The maximum Gasteiger partial charge on any atom is 0.238 e. The van der Waals surface area contributed by atoms with Crippen LogP contribution in [0.15, 0.2) is 57.8 Å². The van der Waals surface area contributed by atoms with Crippen molar-refractivity contribution in [3.05, 3.63) is 54.4 Å². The summed E-state index contributed by atoms with van der Waals surface area (Å²) in [6, 6.07) is 14.1. The minimum absolute atomic E-state index is 0.0288. The molecule has 3 aromatic rings. The summed E-state index contributed by atoms with van der Waals surface area (Å²) in [5.74, 6) is 2.07. The maximum atomic E-state index is 12.2. The van der Waals surface area contributed by atoms with E-state index in [0.717, 1.165) is 37.0 Å². The molecule has 0 spiro atoms. The first-order chi connectivity index (χ1) is 14.0. The molecule has 0 bridgehead atoms. The van der Waals surface area contributed by atoms with Gasteiger partial charge < -0.3 is 9.15 Å². The van der Waals surface area contributed by atoms with Crippen molar-refractivity contribution >= 4 is 10.0 Å². The Bertz CT molecular complexity index is 1100. The zero-order valence-electron chi connectivity index (χ0n) is 16.3. The van der Waals surface area contributed by atoms with Crippen LogP contribution in [0.5, 0.6) is 5.75 Å². The van der Waals surface area contributed by atoms with Crippen LogP contribution >= 0.6 is 0 Å². The van der Waals surface area contributed by atoms with E-state index in [0.29, 0.717) is 22.9 Å². The molecule has 7 heteroatoms. The molecule has 1 aliphatic carbocycles. The molecule has 152 valence electrons. The van der Waals surface area contributed by atoms with E-state index >= 15 is 0 Å². The van der Waals surface area contributed by atoms with Crippen LogP contribution in [-0.4, -0.2) is 20.5 Å². The van der Waals surface area contributed by atoms with Crippen molar-refractivity contribution in [2.24, 2.45) is 5.14 Å². The van der Waals surface area contributed by atoms with Crippen LogP contribution in [0.2, 0.25) is 0 Å². The fourth-order valence-electron chi connectivity index (χ4n) is 3.89. The number of sulfonamides is 1. The summed E-state index contributed by atoms with van der Waals surface area (Å²) in [5.41, 5.74) is 1.87. The van der Waals surface area contributed by atoms with Crippen molar-refractivity contribution < 1.29 is 17.6 Å². The molecule has 4 rings (SSSR count). The Labute approximate surface area is 170 Å². The first-order valence-electron chi connectivity index (χ1n) is 9.74. The van der Waals surface area contributed by atoms with Crippen molar-refractivity contribution in [3.8, 4) is 28.3 Å². The number of nitrogens with zero attached hydrogens (tertiary/aromatic N) is 1. The Morgan fingerprint density at radius 3 is 2.38 bits per heavy atom. The molecule has 0 amide bonds. The number of aromatic nitrogens is 1. The van der Waals surface area contributed by atoms with Gasteiger partial charge in [0, 0.05) is 17.0 Å². The third-order valence-corrected chi connectivity index (χ3v) is 6.37. The quantitative estimate of drug-likeness (QED) is 0.655. The molecule has 1 heterocycles. The van der Waals surface area contributed by atoms with E-state index in [4.69, 9.17) is 19.3 Å². The standard InChI is InChI=1S/C22H24N2O4S/c1-27-17-13-11-15(12-14-17)20-21(18-9-5-6-10-19(18)29(23,25)26)28-22(24-20)16-7-3-2-4-8-16/h5-6,9-14,16H,2-4,7-8H2,1H3,(H2,23,25,26). The molecule has 1 aliphatic rings. The van der Waals surface area contributed by atoms with E-state index in [2.05, 4.69) is 0 Å². The smallest absolute Gasteiger partial charge is 0.238 e. The molecule has 1 saturated carbocycles. The number of hydrogen-bond donors (Lipinski definition) is 1. The minimum Gasteiger partial charge on any atom is -0.497 e. The van der Waals surface area contributed by atoms with Gasteiger partial charge in [0.2, 0.25) is 10.0 Å². The lowest BCUT2D eigenvalue weighted by Gasteiger charge is -2.18. The second kappa shape index (κ2) is 8.00. The molecule has 2 aromatic carbocycles. The molecular formula is C22H24N2O4S. The van der Waals surface area contributed by atoms with Crippen molar-refractivity contribution in [3.63, 3.8) is 0 Å². The summed E-state index contributed by atoms with van der Waals surface area (Å²) in [6.45, 7) is 0. The molecule has 1 fully saturated rings. The first kappa shape index (κ1) is 19.7. The number of benzene rings is 2. The van der Waals surface area contributed by atoms with E-state index in [1.165, 1.54) is 12.5 Å². The molecule has 0 aliphatic heterocycles. The number of nitrogens with two attached hydrogens (primary N) is 1. The van der Waals surface area contributed by atoms with E-state index < -0.39 is 10.0 Å². The fraction of sp³-hybridized carbons (Fsp3) is 0.318. The molecule has 2 N–H and O–H groups in total. The average molecular weight is 413 g/mol. The predicted octanol–water partition coefficient (Wildman–Crippen LogP) is 4.71. The summed E-state index contributed by atoms with van der Waals surface area (Å²) in [5, 5.41) is 5.46. The van der Waals surface area contributed by atoms with Gasteiger partial charge in [-0.3, -0.25) is 0 Å². The van der Waals surface area contributed by atoms with E-state index in [1.807, 2.05) is 24.3 Å². The highest BCUT2D eigenvalue weighted by atomic mass is 32.2. The van der Waals surface area contributed by atoms with Crippen molar-refractivity contribution in [2.45, 2.75) is 42.9 Å². The normalized spacial score (nSPS) is 15.4. The summed E-state index contributed by atoms with van der Waals surface area (Å²) in [4.78, 5) is 4.84. The van der Waals surface area contributed by atoms with Gasteiger partial charge in [-0.1, -0.05) is 31.4 Å². The van der Waals surface area contributed by atoms with Gasteiger partial charge in [0.15, 0.2) is 11.7 Å². The van der Waals surface area contributed by atoms with Crippen LogP contribution in [0, 0.1) is 0 Å². The van der Waals surface area contributed by atoms with Crippen molar-refractivity contribution in [1.82, 2.24) is 4.98 Å². The van der Waals surface area contributed by atoms with Gasteiger partial charge in [-0.2, -0.15) is 0 Å². The average Bonchev–Trinajstić information content (AvgIpc) is 3.19. The van der Waals surface area contributed by atoms with Crippen LogP contribution in [0.1, 0.15) is 43.9 Å². The van der Waals surface area contributed by atoms with E-state index in [9.17, 15) is 8.42 Å². The van der Waals surface area contributed by atoms with E-state index in [1.54, 1.807) is 25.3 Å². The van der Waals surface area contributed by atoms with Crippen LogP contribution in [0.25, 0.3) is 22.6 Å². The SMILES string of the molecule is COc1ccc(-c2nc(C3CCCCC3)oc2-c2ccccc2S(N)(=O)=O)cc1. The summed E-state index contributed by atoms with van der Waals surface area (Å²) in [7, 11) is -2.30. The highest BCUT2D eigenvalue weighted by Gasteiger charge is 2.27. The Morgan fingerprint density at radius 1 is 1.03 bits per heavy atom. The topological polar surface area (TPSA) is 95.4 Å². The van der Waals surface area contributed by atoms with Gasteiger partial charge in [-0.05, 0) is 49.2 Å². The Kier molecular flexibility index (Phi) is 5.43. The second-order valence-corrected chi connectivity index (χ2v) is 8.86. The molecule has 6 nitrogen and oxygen atoms in total. The summed E-state index contributed by atoms with van der Waals surface area (Å²) < 4.78 is 35.8. The summed E-state index contributed by atoms with van der Waals surface area (Å²) in [6.07, 6.45) is 5.57. The third kappa shape index (κ3) is 4.06. The highest BCUT2D eigenvalue weighted by molar-refractivity contribution is 7.89. The Balaban J connectivity index is 1.89. The number of methoxy groups -OCH3 is 1. The predicted molar refractivity (Wildman–Crippen MR) is 111 cm³/mol. The lowest BCUT2D eigenvalue weighted by Crippen LogP contribution is -2.13. The van der Waals surface area contributed by atoms with Crippen LogP contribution < -0.4 is 9.88 Å². The van der Waals surface area contributed by atoms with Gasteiger partial charge in [0.1, 0.15) is 11.4 Å². The fourth-order valence-corrected chi connectivity index (χ4v) is 4.63. The Hall–Kier alpha value is -2.64. The molecule has 29 heavy (non-hydrogen) atoms. The molecular weight excluding hydrogens is 388 g/mol. The summed E-state index contributed by atoms with van der Waals surface area (Å²) >= 11 is 0. The van der Waals surface area contributed by atoms with Crippen LogP contribution in [-0.2, 0) is 10.0 Å². The second-order valence-electron chi connectivity index (χ2n) is 7.33. The van der Waals surface area contributed by atoms with Gasteiger partial charge in [-0.15, -0.1) is 0 Å². The zero-order chi connectivity index (χ0) is 20.4. The van der Waals surface area contributed by atoms with E-state index in [-0.39, 0.29) is 10.8 Å². The van der Waals surface area contributed by atoms with Gasteiger partial charge in [0.05, 0.1) is 12.0 Å². The number of ether oxygens (including phenoxy) is 1. The monoisotopic (exact) mass is 412 g/mol. The minimum atomic E-state index is -3.91. The van der Waals surface area contributed by atoms with Crippen molar-refractivity contribution in [1.29, 1.82) is 0 Å². The van der Waals surface area contributed by atoms with Crippen LogP contribution in [0.3, 0.4) is 0 Å². The van der Waals surface area contributed by atoms with Crippen LogP contribution in [0.4, 0.5) is 0 Å². The third-order valence-electron chi connectivity index (χ3n) is 5.40. The Morgan fingerprint density at radius 2 is 1.72 bits per heavy atom.